The zero-order valence-corrected chi connectivity index (χ0v) is 12.2. The molecule has 2 N–H and O–H groups in total. The topological polar surface area (TPSA) is 84.5 Å². The van der Waals surface area contributed by atoms with E-state index in [-0.39, 0.29) is 5.91 Å². The van der Waals surface area contributed by atoms with Gasteiger partial charge in [0.2, 0.25) is 0 Å². The second-order valence-corrected chi connectivity index (χ2v) is 5.66. The summed E-state index contributed by atoms with van der Waals surface area (Å²) in [5.74, 6) is -1.04. The van der Waals surface area contributed by atoms with E-state index in [0.29, 0.717) is 40.6 Å². The number of hydrogen-bond acceptors (Lipinski definition) is 4. The number of carbonyl (C=O) groups is 3. The molecule has 2 aromatic rings. The largest absolute Gasteiger partial charge is 0.368 e. The molecule has 23 heavy (non-hydrogen) atoms. The van der Waals surface area contributed by atoms with Gasteiger partial charge in [-0.25, -0.2) is 0 Å². The van der Waals surface area contributed by atoms with Crippen molar-refractivity contribution in [1.82, 2.24) is 5.32 Å². The highest BCUT2D eigenvalue weighted by atomic mass is 16.5. The summed E-state index contributed by atoms with van der Waals surface area (Å²) < 4.78 is 5.38. The van der Waals surface area contributed by atoms with Crippen LogP contribution in [0.25, 0.3) is 10.8 Å². The highest BCUT2D eigenvalue weighted by Crippen LogP contribution is 2.32. The van der Waals surface area contributed by atoms with Crippen LogP contribution in [0.4, 0.5) is 5.69 Å². The van der Waals surface area contributed by atoms with Crippen LogP contribution in [0.5, 0.6) is 0 Å². The fourth-order valence-corrected chi connectivity index (χ4v) is 3.13. The van der Waals surface area contributed by atoms with Crippen LogP contribution < -0.4 is 10.6 Å². The van der Waals surface area contributed by atoms with Gasteiger partial charge in [0.25, 0.3) is 17.7 Å². The van der Waals surface area contributed by atoms with Gasteiger partial charge in [-0.15, -0.1) is 0 Å². The molecule has 0 saturated carbocycles. The van der Waals surface area contributed by atoms with E-state index >= 15 is 0 Å². The molecule has 1 saturated heterocycles. The third-order valence-electron chi connectivity index (χ3n) is 4.24. The maximum Gasteiger partial charge on any atom is 0.258 e. The first-order valence-electron chi connectivity index (χ1n) is 7.49. The van der Waals surface area contributed by atoms with Gasteiger partial charge >= 0.3 is 0 Å². The van der Waals surface area contributed by atoms with Crippen LogP contribution in [0.15, 0.2) is 30.3 Å². The van der Waals surface area contributed by atoms with Crippen molar-refractivity contribution in [3.05, 3.63) is 41.5 Å². The predicted molar refractivity (Wildman–Crippen MR) is 83.3 cm³/mol. The van der Waals surface area contributed by atoms with E-state index < -0.39 is 17.9 Å². The Morgan fingerprint density at radius 1 is 1.13 bits per heavy atom. The van der Waals surface area contributed by atoms with E-state index in [0.717, 1.165) is 6.42 Å². The number of benzene rings is 2. The van der Waals surface area contributed by atoms with Gasteiger partial charge in [-0.1, -0.05) is 12.1 Å². The number of nitrogens with one attached hydrogen (secondary N) is 2. The molecule has 6 nitrogen and oxygen atoms in total. The van der Waals surface area contributed by atoms with Crippen molar-refractivity contribution >= 4 is 34.2 Å². The summed E-state index contributed by atoms with van der Waals surface area (Å²) in [6.07, 6.45) is 1.13. The lowest BCUT2D eigenvalue weighted by Gasteiger charge is -2.19. The van der Waals surface area contributed by atoms with Crippen molar-refractivity contribution < 1.29 is 19.1 Å². The Kier molecular flexibility index (Phi) is 3.12. The van der Waals surface area contributed by atoms with Crippen molar-refractivity contribution in [2.75, 3.05) is 11.9 Å². The molecule has 3 amide bonds. The second kappa shape index (κ2) is 5.17. The average molecular weight is 310 g/mol. The van der Waals surface area contributed by atoms with E-state index in [1.807, 2.05) is 0 Å². The Balaban J connectivity index is 1.81. The third kappa shape index (κ3) is 2.19. The third-order valence-corrected chi connectivity index (χ3v) is 4.24. The van der Waals surface area contributed by atoms with Crippen LogP contribution in [0.2, 0.25) is 0 Å². The molecule has 0 aliphatic carbocycles. The van der Waals surface area contributed by atoms with Crippen LogP contribution >= 0.6 is 0 Å². The van der Waals surface area contributed by atoms with Gasteiger partial charge in [0.1, 0.15) is 6.10 Å². The van der Waals surface area contributed by atoms with Gasteiger partial charge in [0, 0.05) is 34.2 Å². The van der Waals surface area contributed by atoms with Crippen LogP contribution in [0, 0.1) is 0 Å². The zero-order chi connectivity index (χ0) is 16.0. The van der Waals surface area contributed by atoms with Crippen molar-refractivity contribution in [1.29, 1.82) is 0 Å². The van der Waals surface area contributed by atoms with Gasteiger partial charge in [-0.2, -0.15) is 0 Å². The van der Waals surface area contributed by atoms with Crippen molar-refractivity contribution in [2.45, 2.75) is 18.9 Å². The summed E-state index contributed by atoms with van der Waals surface area (Å²) in [6, 6.07) is 8.50. The SMILES string of the molecule is O=C1NC(=O)c2ccc(NC(=O)[C@H]3CCCO3)c3cccc1c23. The summed E-state index contributed by atoms with van der Waals surface area (Å²) in [5.41, 5.74) is 1.45. The summed E-state index contributed by atoms with van der Waals surface area (Å²) in [7, 11) is 0. The van der Waals surface area contributed by atoms with E-state index in [9.17, 15) is 14.4 Å². The van der Waals surface area contributed by atoms with Gasteiger partial charge in [-0.05, 0) is 31.0 Å². The number of hydrogen-bond donors (Lipinski definition) is 2. The summed E-state index contributed by atoms with van der Waals surface area (Å²) >= 11 is 0. The fourth-order valence-electron chi connectivity index (χ4n) is 3.13. The summed E-state index contributed by atoms with van der Waals surface area (Å²) in [5, 5.41) is 6.42. The first-order valence-corrected chi connectivity index (χ1v) is 7.49. The van der Waals surface area contributed by atoms with E-state index in [2.05, 4.69) is 10.6 Å². The Morgan fingerprint density at radius 2 is 1.91 bits per heavy atom. The number of imide groups is 1. The number of amides is 3. The molecule has 2 heterocycles. The van der Waals surface area contributed by atoms with Gasteiger partial charge in [0.15, 0.2) is 0 Å². The lowest BCUT2D eigenvalue weighted by Crippen LogP contribution is -2.34. The molecule has 2 aliphatic rings. The number of rotatable bonds is 2. The highest BCUT2D eigenvalue weighted by Gasteiger charge is 2.27. The Labute approximate surface area is 131 Å². The van der Waals surface area contributed by atoms with E-state index in [4.69, 9.17) is 4.74 Å². The van der Waals surface area contributed by atoms with Gasteiger partial charge in [-0.3, -0.25) is 19.7 Å². The molecule has 0 bridgehead atoms. The number of ether oxygens (including phenoxy) is 1. The molecule has 116 valence electrons. The van der Waals surface area contributed by atoms with Crippen LogP contribution in [0.1, 0.15) is 33.6 Å². The summed E-state index contributed by atoms with van der Waals surface area (Å²) in [6.45, 7) is 0.594. The quantitative estimate of drug-likeness (QED) is 0.829. The molecule has 1 atom stereocenters. The van der Waals surface area contributed by atoms with E-state index in [1.165, 1.54) is 0 Å². The average Bonchev–Trinajstić information content (AvgIpc) is 3.08. The molecule has 0 aromatic heterocycles. The maximum atomic E-state index is 12.3. The second-order valence-electron chi connectivity index (χ2n) is 5.66. The molecule has 2 aromatic carbocycles. The minimum absolute atomic E-state index is 0.199. The molecular formula is C17H14N2O4. The molecule has 6 heteroatoms. The summed E-state index contributed by atoms with van der Waals surface area (Å²) in [4.78, 5) is 36.2. The predicted octanol–water partition coefficient (Wildman–Crippen LogP) is 1.84. The molecule has 1 fully saturated rings. The maximum absolute atomic E-state index is 12.3. The minimum Gasteiger partial charge on any atom is -0.368 e. The first-order chi connectivity index (χ1) is 11.1. The Hall–Kier alpha value is -2.73. The molecular weight excluding hydrogens is 296 g/mol. The molecule has 2 aliphatic heterocycles. The van der Waals surface area contributed by atoms with E-state index in [1.54, 1.807) is 30.3 Å². The van der Waals surface area contributed by atoms with Gasteiger partial charge in [0.05, 0.1) is 0 Å². The molecule has 0 radical (unpaired) electrons. The fraction of sp³-hybridized carbons (Fsp3) is 0.235. The van der Waals surface area contributed by atoms with Crippen molar-refractivity contribution in [3.8, 4) is 0 Å². The monoisotopic (exact) mass is 310 g/mol. The van der Waals surface area contributed by atoms with Crippen molar-refractivity contribution in [3.63, 3.8) is 0 Å². The highest BCUT2D eigenvalue weighted by molar-refractivity contribution is 6.27. The zero-order valence-electron chi connectivity index (χ0n) is 12.2. The number of carbonyl (C=O) groups excluding carboxylic acids is 3. The van der Waals surface area contributed by atoms with Crippen LogP contribution in [-0.2, 0) is 9.53 Å². The van der Waals surface area contributed by atoms with Crippen LogP contribution in [0.3, 0.4) is 0 Å². The van der Waals surface area contributed by atoms with Crippen LogP contribution in [-0.4, -0.2) is 30.4 Å². The molecule has 0 spiro atoms. The number of anilines is 1. The first kappa shape index (κ1) is 13.9. The lowest BCUT2D eigenvalue weighted by atomic mass is 9.94. The van der Waals surface area contributed by atoms with Crippen molar-refractivity contribution in [2.24, 2.45) is 0 Å². The Morgan fingerprint density at radius 3 is 2.65 bits per heavy atom. The molecule has 0 unspecified atom stereocenters. The normalized spacial score (nSPS) is 19.7. The minimum atomic E-state index is -0.439. The molecule has 4 rings (SSSR count). The van der Waals surface area contributed by atoms with Gasteiger partial charge < -0.3 is 10.1 Å². The smallest absolute Gasteiger partial charge is 0.258 e. The Bertz CT molecular complexity index is 833. The standard InChI is InChI=1S/C17H14N2O4/c20-15-10-4-1-3-9-12(18-17(22)13-5-2-8-23-13)7-6-11(14(9)10)16(21)19-15/h1,3-4,6-7,13H,2,5,8H2,(H,18,22)(H,19,20,21)/t13-/m1/s1. The lowest BCUT2D eigenvalue weighted by molar-refractivity contribution is -0.124.